The number of hydrogen-bond acceptors (Lipinski definition) is 5. The van der Waals surface area contributed by atoms with Crippen LogP contribution in [0.15, 0.2) is 59.7 Å². The topological polar surface area (TPSA) is 110 Å². The number of carbonyl (C=O) groups is 1. The van der Waals surface area contributed by atoms with Crippen LogP contribution in [-0.2, 0) is 22.6 Å². The Balaban J connectivity index is 1.71. The summed E-state index contributed by atoms with van der Waals surface area (Å²) in [6, 6.07) is 16.3. The van der Waals surface area contributed by atoms with E-state index in [-0.39, 0.29) is 6.61 Å². The number of nitrogens with two attached hydrogens (primary N) is 1. The zero-order valence-electron chi connectivity index (χ0n) is 15.2. The van der Waals surface area contributed by atoms with Gasteiger partial charge in [0.15, 0.2) is 0 Å². The van der Waals surface area contributed by atoms with E-state index in [0.717, 1.165) is 29.7 Å². The van der Waals surface area contributed by atoms with Crippen molar-refractivity contribution in [3.8, 4) is 5.75 Å². The van der Waals surface area contributed by atoms with Gasteiger partial charge >= 0.3 is 5.97 Å². The first kappa shape index (κ1) is 20.3. The number of benzene rings is 2. The van der Waals surface area contributed by atoms with E-state index >= 15 is 0 Å². The van der Waals surface area contributed by atoms with Crippen molar-refractivity contribution in [2.75, 3.05) is 13.2 Å². The maximum absolute atomic E-state index is 12.0. The highest BCUT2D eigenvalue weighted by Crippen LogP contribution is 2.14. The number of ether oxygens (including phenoxy) is 2. The number of nitrogens with zero attached hydrogens (tertiary/aromatic N) is 3. The largest absolute Gasteiger partial charge is 0.494 e. The van der Waals surface area contributed by atoms with Crippen LogP contribution in [0.1, 0.15) is 24.0 Å². The standard InChI is InChI=1S/C20H24N4O3/c21-19(20(25)27-15-17-6-2-1-3-7-17)14-16-8-10-18(11-9-16)26-13-5-4-12-23-24-22/h1-3,6-11,19H,4-5,12-15,21H2/t19-/m0/s1. The Morgan fingerprint density at radius 3 is 2.52 bits per heavy atom. The van der Waals surface area contributed by atoms with Crippen LogP contribution in [0.4, 0.5) is 0 Å². The second kappa shape index (κ2) is 11.6. The number of carbonyl (C=O) groups excluding carboxylic acids is 1. The molecule has 0 saturated carbocycles. The average molecular weight is 368 g/mol. The molecular weight excluding hydrogens is 344 g/mol. The molecule has 7 nitrogen and oxygen atoms in total. The molecule has 0 fully saturated rings. The first-order valence-corrected chi connectivity index (χ1v) is 8.88. The highest BCUT2D eigenvalue weighted by atomic mass is 16.5. The number of hydrogen-bond donors (Lipinski definition) is 1. The van der Waals surface area contributed by atoms with Gasteiger partial charge in [0.05, 0.1) is 6.61 Å². The third kappa shape index (κ3) is 7.81. The van der Waals surface area contributed by atoms with Crippen LogP contribution < -0.4 is 10.5 Å². The van der Waals surface area contributed by atoms with E-state index in [1.165, 1.54) is 0 Å². The fraction of sp³-hybridized carbons (Fsp3) is 0.350. The van der Waals surface area contributed by atoms with Crippen molar-refractivity contribution in [2.24, 2.45) is 10.8 Å². The van der Waals surface area contributed by atoms with E-state index in [0.29, 0.717) is 19.6 Å². The molecule has 0 aliphatic rings. The number of rotatable bonds is 11. The molecule has 2 aromatic rings. The Labute approximate surface area is 158 Å². The molecular formula is C20H24N4O3. The highest BCUT2D eigenvalue weighted by Gasteiger charge is 2.15. The van der Waals surface area contributed by atoms with Crippen molar-refractivity contribution in [3.05, 3.63) is 76.2 Å². The van der Waals surface area contributed by atoms with Gasteiger partial charge in [-0.05, 0) is 48.1 Å². The van der Waals surface area contributed by atoms with E-state index < -0.39 is 12.0 Å². The van der Waals surface area contributed by atoms with E-state index in [1.807, 2.05) is 54.6 Å². The van der Waals surface area contributed by atoms with Crippen LogP contribution in [0.25, 0.3) is 10.4 Å². The predicted molar refractivity (Wildman–Crippen MR) is 103 cm³/mol. The quantitative estimate of drug-likeness (QED) is 0.214. The minimum atomic E-state index is -0.707. The van der Waals surface area contributed by atoms with Gasteiger partial charge in [0.1, 0.15) is 18.4 Å². The predicted octanol–water partition coefficient (Wildman–Crippen LogP) is 3.77. The van der Waals surface area contributed by atoms with E-state index in [1.54, 1.807) is 0 Å². The summed E-state index contributed by atoms with van der Waals surface area (Å²) in [5.74, 6) is 0.335. The summed E-state index contributed by atoms with van der Waals surface area (Å²) >= 11 is 0. The number of esters is 1. The van der Waals surface area contributed by atoms with Crippen LogP contribution in [-0.4, -0.2) is 25.2 Å². The van der Waals surface area contributed by atoms with Gasteiger partial charge in [-0.2, -0.15) is 0 Å². The summed E-state index contributed by atoms with van der Waals surface area (Å²) in [6.07, 6.45) is 2.01. The summed E-state index contributed by atoms with van der Waals surface area (Å²) in [6.45, 7) is 1.27. The highest BCUT2D eigenvalue weighted by molar-refractivity contribution is 5.75. The molecule has 2 N–H and O–H groups in total. The van der Waals surface area contributed by atoms with Gasteiger partial charge in [-0.1, -0.05) is 47.6 Å². The lowest BCUT2D eigenvalue weighted by atomic mass is 10.1. The Hall–Kier alpha value is -3.02. The molecule has 27 heavy (non-hydrogen) atoms. The lowest BCUT2D eigenvalue weighted by Gasteiger charge is -2.12. The normalized spacial score (nSPS) is 11.3. The molecule has 0 bridgehead atoms. The van der Waals surface area contributed by atoms with Gasteiger partial charge < -0.3 is 15.2 Å². The third-order valence-corrected chi connectivity index (χ3v) is 3.89. The van der Waals surface area contributed by atoms with E-state index in [2.05, 4.69) is 10.0 Å². The molecule has 1 atom stereocenters. The maximum atomic E-state index is 12.0. The summed E-state index contributed by atoms with van der Waals surface area (Å²) < 4.78 is 10.9. The Morgan fingerprint density at radius 1 is 1.07 bits per heavy atom. The molecule has 7 heteroatoms. The Morgan fingerprint density at radius 2 is 1.81 bits per heavy atom. The Kier molecular flexibility index (Phi) is 8.69. The molecule has 0 aliphatic carbocycles. The zero-order valence-corrected chi connectivity index (χ0v) is 15.2. The Bertz CT molecular complexity index is 744. The lowest BCUT2D eigenvalue weighted by molar-refractivity contribution is -0.146. The smallest absolute Gasteiger partial charge is 0.323 e. The minimum Gasteiger partial charge on any atom is -0.494 e. The first-order valence-electron chi connectivity index (χ1n) is 8.88. The van der Waals surface area contributed by atoms with Gasteiger partial charge in [-0.3, -0.25) is 4.79 Å². The maximum Gasteiger partial charge on any atom is 0.323 e. The average Bonchev–Trinajstić information content (AvgIpc) is 2.70. The molecule has 0 saturated heterocycles. The number of azide groups is 1. The van der Waals surface area contributed by atoms with Crippen LogP contribution in [0.3, 0.4) is 0 Å². The first-order chi connectivity index (χ1) is 13.2. The summed E-state index contributed by atoms with van der Waals surface area (Å²) in [7, 11) is 0. The molecule has 0 unspecified atom stereocenters. The van der Waals surface area contributed by atoms with Gasteiger partial charge in [0.2, 0.25) is 0 Å². The van der Waals surface area contributed by atoms with Gasteiger partial charge in [0.25, 0.3) is 0 Å². The summed E-state index contributed by atoms with van der Waals surface area (Å²) in [5, 5.41) is 3.48. The van der Waals surface area contributed by atoms with Gasteiger partial charge in [-0.15, -0.1) is 0 Å². The van der Waals surface area contributed by atoms with Crippen LogP contribution >= 0.6 is 0 Å². The summed E-state index contributed by atoms with van der Waals surface area (Å²) in [4.78, 5) is 14.7. The van der Waals surface area contributed by atoms with E-state index in [9.17, 15) is 4.79 Å². The molecule has 0 spiro atoms. The van der Waals surface area contributed by atoms with Crippen molar-refractivity contribution in [1.82, 2.24) is 0 Å². The minimum absolute atomic E-state index is 0.222. The van der Waals surface area contributed by atoms with Gasteiger partial charge in [0, 0.05) is 11.5 Å². The second-order valence-corrected chi connectivity index (χ2v) is 6.06. The molecule has 2 aromatic carbocycles. The molecule has 142 valence electrons. The van der Waals surface area contributed by atoms with Crippen molar-refractivity contribution in [1.29, 1.82) is 0 Å². The fourth-order valence-electron chi connectivity index (χ4n) is 2.41. The van der Waals surface area contributed by atoms with Crippen molar-refractivity contribution >= 4 is 5.97 Å². The molecule has 0 heterocycles. The SMILES string of the molecule is [N-]=[N+]=NCCCCOc1ccc(C[C@H](N)C(=O)OCc2ccccc2)cc1. The summed E-state index contributed by atoms with van der Waals surface area (Å²) in [5.41, 5.74) is 16.0. The van der Waals surface area contributed by atoms with Crippen molar-refractivity contribution in [3.63, 3.8) is 0 Å². The van der Waals surface area contributed by atoms with Crippen LogP contribution in [0.2, 0.25) is 0 Å². The zero-order chi connectivity index (χ0) is 19.3. The lowest BCUT2D eigenvalue weighted by Crippen LogP contribution is -2.34. The second-order valence-electron chi connectivity index (χ2n) is 6.06. The van der Waals surface area contributed by atoms with Crippen LogP contribution in [0.5, 0.6) is 5.75 Å². The molecule has 2 rings (SSSR count). The van der Waals surface area contributed by atoms with Crippen molar-refractivity contribution < 1.29 is 14.3 Å². The molecule has 0 amide bonds. The fourth-order valence-corrected chi connectivity index (χ4v) is 2.41. The van der Waals surface area contributed by atoms with Crippen LogP contribution in [0, 0.1) is 0 Å². The monoisotopic (exact) mass is 368 g/mol. The molecule has 0 aliphatic heterocycles. The van der Waals surface area contributed by atoms with E-state index in [4.69, 9.17) is 20.7 Å². The van der Waals surface area contributed by atoms with Crippen molar-refractivity contribution in [2.45, 2.75) is 31.9 Å². The number of unbranched alkanes of at least 4 members (excludes halogenated alkanes) is 1. The molecule has 0 aromatic heterocycles. The molecule has 0 radical (unpaired) electrons. The van der Waals surface area contributed by atoms with Gasteiger partial charge in [-0.25, -0.2) is 0 Å². The third-order valence-electron chi connectivity index (χ3n) is 3.89.